The van der Waals surface area contributed by atoms with Gasteiger partial charge in [0.15, 0.2) is 0 Å². The lowest BCUT2D eigenvalue weighted by molar-refractivity contribution is -0.384. The molecule has 9 heteroatoms. The van der Waals surface area contributed by atoms with Gasteiger partial charge < -0.3 is 10.4 Å². The standard InChI is InChI=1S/C9H16N6O3/c1-5(2)7(16)4-11-8-6(15(17)18)3-12-9(13-8)14-10/h3,5,7,16H,4,10H2,1-2H3,(H2,11,12,13,14). The van der Waals surface area contributed by atoms with Crippen molar-refractivity contribution in [2.24, 2.45) is 11.8 Å². The van der Waals surface area contributed by atoms with E-state index in [1.165, 1.54) is 0 Å². The van der Waals surface area contributed by atoms with Crippen molar-refractivity contribution < 1.29 is 10.0 Å². The predicted octanol–water partition coefficient (Wildman–Crippen LogP) is 0.0992. The van der Waals surface area contributed by atoms with E-state index in [1.807, 2.05) is 13.8 Å². The van der Waals surface area contributed by atoms with Crippen LogP contribution >= 0.6 is 0 Å². The monoisotopic (exact) mass is 256 g/mol. The van der Waals surface area contributed by atoms with Crippen LogP contribution in [0.5, 0.6) is 0 Å². The molecule has 0 aromatic carbocycles. The van der Waals surface area contributed by atoms with Crippen LogP contribution in [0.2, 0.25) is 0 Å². The Labute approximate surface area is 104 Å². The van der Waals surface area contributed by atoms with E-state index in [4.69, 9.17) is 5.84 Å². The minimum absolute atomic E-state index is 0.0163. The topological polar surface area (TPSA) is 139 Å². The summed E-state index contributed by atoms with van der Waals surface area (Å²) < 4.78 is 0. The Hall–Kier alpha value is -2.00. The van der Waals surface area contributed by atoms with Gasteiger partial charge in [0.25, 0.3) is 0 Å². The molecule has 0 bridgehead atoms. The zero-order valence-corrected chi connectivity index (χ0v) is 10.1. The molecule has 0 fully saturated rings. The smallest absolute Gasteiger partial charge is 0.329 e. The van der Waals surface area contributed by atoms with E-state index in [9.17, 15) is 15.2 Å². The molecule has 1 aromatic rings. The van der Waals surface area contributed by atoms with E-state index >= 15 is 0 Å². The average Bonchev–Trinajstić information content (AvgIpc) is 2.34. The minimum Gasteiger partial charge on any atom is -0.391 e. The Morgan fingerprint density at radius 3 is 2.78 bits per heavy atom. The van der Waals surface area contributed by atoms with Crippen molar-refractivity contribution in [3.05, 3.63) is 16.3 Å². The van der Waals surface area contributed by atoms with Crippen LogP contribution in [-0.2, 0) is 0 Å². The van der Waals surface area contributed by atoms with Gasteiger partial charge in [-0.1, -0.05) is 13.8 Å². The number of nitrogen functional groups attached to an aromatic ring is 1. The molecule has 0 aliphatic heterocycles. The molecule has 1 unspecified atom stereocenters. The summed E-state index contributed by atoms with van der Waals surface area (Å²) in [5.74, 6) is 5.23. The van der Waals surface area contributed by atoms with Gasteiger partial charge in [0, 0.05) is 6.54 Å². The van der Waals surface area contributed by atoms with Crippen LogP contribution in [0.1, 0.15) is 13.8 Å². The molecular formula is C9H16N6O3. The summed E-state index contributed by atoms with van der Waals surface area (Å²) in [6.45, 7) is 3.83. The second-order valence-corrected chi connectivity index (χ2v) is 4.02. The van der Waals surface area contributed by atoms with Crippen molar-refractivity contribution in [1.29, 1.82) is 0 Å². The molecule has 0 spiro atoms. The maximum absolute atomic E-state index is 10.8. The van der Waals surface area contributed by atoms with Gasteiger partial charge in [-0.3, -0.25) is 15.5 Å². The first kappa shape index (κ1) is 14.1. The number of rotatable bonds is 6. The lowest BCUT2D eigenvalue weighted by Crippen LogP contribution is -2.25. The summed E-state index contributed by atoms with van der Waals surface area (Å²) in [4.78, 5) is 17.6. The third-order valence-electron chi connectivity index (χ3n) is 2.34. The third-order valence-corrected chi connectivity index (χ3v) is 2.34. The highest BCUT2D eigenvalue weighted by Crippen LogP contribution is 2.21. The maximum atomic E-state index is 10.8. The molecule has 0 amide bonds. The Bertz CT molecular complexity index is 425. The van der Waals surface area contributed by atoms with Gasteiger partial charge in [0.2, 0.25) is 11.8 Å². The summed E-state index contributed by atoms with van der Waals surface area (Å²) in [5, 5.41) is 23.1. The van der Waals surface area contributed by atoms with Gasteiger partial charge in [-0.2, -0.15) is 4.98 Å². The SMILES string of the molecule is CC(C)C(O)CNc1nc(NN)ncc1[N+](=O)[O-]. The fraction of sp³-hybridized carbons (Fsp3) is 0.556. The lowest BCUT2D eigenvalue weighted by atomic mass is 10.1. The first-order valence-electron chi connectivity index (χ1n) is 5.35. The van der Waals surface area contributed by atoms with Gasteiger partial charge in [-0.05, 0) is 5.92 Å². The number of hydrazine groups is 1. The van der Waals surface area contributed by atoms with Gasteiger partial charge in [0.1, 0.15) is 6.20 Å². The minimum atomic E-state index is -0.631. The number of nitrogens with two attached hydrogens (primary N) is 1. The van der Waals surface area contributed by atoms with Crippen molar-refractivity contribution in [2.75, 3.05) is 17.3 Å². The molecule has 9 nitrogen and oxygen atoms in total. The fourth-order valence-corrected chi connectivity index (χ4v) is 1.15. The Morgan fingerprint density at radius 2 is 2.28 bits per heavy atom. The Morgan fingerprint density at radius 1 is 1.61 bits per heavy atom. The number of aliphatic hydroxyl groups is 1. The third kappa shape index (κ3) is 3.50. The van der Waals surface area contributed by atoms with Crippen LogP contribution in [0, 0.1) is 16.0 Å². The second kappa shape index (κ2) is 6.07. The van der Waals surface area contributed by atoms with Crippen molar-refractivity contribution in [3.63, 3.8) is 0 Å². The highest BCUT2D eigenvalue weighted by molar-refractivity contribution is 5.56. The number of anilines is 2. The van der Waals surface area contributed by atoms with Crippen LogP contribution in [0.15, 0.2) is 6.20 Å². The number of nitrogens with one attached hydrogen (secondary N) is 2. The number of aliphatic hydroxyl groups excluding tert-OH is 1. The molecule has 0 saturated carbocycles. The second-order valence-electron chi connectivity index (χ2n) is 4.02. The van der Waals surface area contributed by atoms with Gasteiger partial charge in [0.05, 0.1) is 11.0 Å². The van der Waals surface area contributed by atoms with Gasteiger partial charge in [-0.25, -0.2) is 10.8 Å². The first-order chi connectivity index (χ1) is 8.45. The molecule has 0 saturated heterocycles. The molecule has 0 aliphatic carbocycles. The van der Waals surface area contributed by atoms with E-state index in [0.29, 0.717) is 0 Å². The normalized spacial score (nSPS) is 12.3. The Balaban J connectivity index is 2.87. The molecule has 0 aliphatic rings. The molecule has 1 aromatic heterocycles. The molecule has 0 radical (unpaired) electrons. The van der Waals surface area contributed by atoms with E-state index in [0.717, 1.165) is 6.20 Å². The van der Waals surface area contributed by atoms with Crippen molar-refractivity contribution in [2.45, 2.75) is 20.0 Å². The number of hydrogen-bond acceptors (Lipinski definition) is 8. The van der Waals surface area contributed by atoms with E-state index in [1.54, 1.807) is 0 Å². The van der Waals surface area contributed by atoms with E-state index < -0.39 is 11.0 Å². The van der Waals surface area contributed by atoms with Crippen molar-refractivity contribution >= 4 is 17.5 Å². The van der Waals surface area contributed by atoms with Crippen molar-refractivity contribution in [1.82, 2.24) is 9.97 Å². The average molecular weight is 256 g/mol. The van der Waals surface area contributed by atoms with Gasteiger partial charge >= 0.3 is 5.69 Å². The molecule has 100 valence electrons. The molecule has 18 heavy (non-hydrogen) atoms. The van der Waals surface area contributed by atoms with Gasteiger partial charge in [-0.15, -0.1) is 0 Å². The summed E-state index contributed by atoms with van der Waals surface area (Å²) in [5.41, 5.74) is 1.92. The van der Waals surface area contributed by atoms with E-state index in [2.05, 4.69) is 20.7 Å². The van der Waals surface area contributed by atoms with Crippen LogP contribution in [0.3, 0.4) is 0 Å². The zero-order valence-electron chi connectivity index (χ0n) is 10.1. The van der Waals surface area contributed by atoms with Crippen LogP contribution in [0.4, 0.5) is 17.5 Å². The number of hydrogen-bond donors (Lipinski definition) is 4. The summed E-state index contributed by atoms with van der Waals surface area (Å²) in [6.07, 6.45) is 0.417. The summed E-state index contributed by atoms with van der Waals surface area (Å²) in [6, 6.07) is 0. The fourth-order valence-electron chi connectivity index (χ4n) is 1.15. The molecular weight excluding hydrogens is 240 g/mol. The molecule has 1 heterocycles. The molecule has 1 atom stereocenters. The zero-order chi connectivity index (χ0) is 13.7. The maximum Gasteiger partial charge on any atom is 0.329 e. The number of aromatic nitrogens is 2. The first-order valence-corrected chi connectivity index (χ1v) is 5.35. The molecule has 1 rings (SSSR count). The number of nitrogens with zero attached hydrogens (tertiary/aromatic N) is 3. The largest absolute Gasteiger partial charge is 0.391 e. The number of nitro groups is 1. The summed E-state index contributed by atoms with van der Waals surface area (Å²) in [7, 11) is 0. The quantitative estimate of drug-likeness (QED) is 0.319. The summed E-state index contributed by atoms with van der Waals surface area (Å²) >= 11 is 0. The Kier molecular flexibility index (Phi) is 4.75. The highest BCUT2D eigenvalue weighted by Gasteiger charge is 2.18. The molecule has 5 N–H and O–H groups in total. The highest BCUT2D eigenvalue weighted by atomic mass is 16.6. The van der Waals surface area contributed by atoms with Crippen molar-refractivity contribution in [3.8, 4) is 0 Å². The van der Waals surface area contributed by atoms with Crippen LogP contribution < -0.4 is 16.6 Å². The van der Waals surface area contributed by atoms with Crippen LogP contribution in [-0.4, -0.2) is 32.6 Å². The van der Waals surface area contributed by atoms with E-state index in [-0.39, 0.29) is 29.9 Å². The predicted molar refractivity (Wildman–Crippen MR) is 65.8 cm³/mol. The van der Waals surface area contributed by atoms with Crippen LogP contribution in [0.25, 0.3) is 0 Å². The lowest BCUT2D eigenvalue weighted by Gasteiger charge is -2.15.